The first-order valence-corrected chi connectivity index (χ1v) is 8.45. The van der Waals surface area contributed by atoms with Crippen molar-refractivity contribution in [1.29, 1.82) is 0 Å². The molecule has 128 valence electrons. The van der Waals surface area contributed by atoms with Gasteiger partial charge in [0.15, 0.2) is 0 Å². The van der Waals surface area contributed by atoms with Crippen molar-refractivity contribution in [2.45, 2.75) is 26.2 Å². The third-order valence-corrected chi connectivity index (χ3v) is 4.13. The summed E-state index contributed by atoms with van der Waals surface area (Å²) in [5, 5.41) is 8.93. The second-order valence-electron chi connectivity index (χ2n) is 6.42. The largest absolute Gasteiger partial charge is 0.490 e. The highest BCUT2D eigenvalue weighted by atomic mass is 79.9. The minimum absolute atomic E-state index is 0.121. The van der Waals surface area contributed by atoms with Crippen LogP contribution in [0.4, 0.5) is 0 Å². The van der Waals surface area contributed by atoms with Crippen molar-refractivity contribution in [3.63, 3.8) is 0 Å². The number of carbonyl (C=O) groups is 1. The zero-order chi connectivity index (χ0) is 17.7. The lowest BCUT2D eigenvalue weighted by Crippen LogP contribution is -2.11. The molecule has 0 saturated heterocycles. The van der Waals surface area contributed by atoms with E-state index < -0.39 is 5.97 Å². The Morgan fingerprint density at radius 3 is 2.21 bits per heavy atom. The van der Waals surface area contributed by atoms with E-state index in [1.54, 1.807) is 6.07 Å². The number of hydrogen-bond donors (Lipinski definition) is 1. The third kappa shape index (κ3) is 4.99. The van der Waals surface area contributed by atoms with Crippen LogP contribution >= 0.6 is 15.9 Å². The van der Waals surface area contributed by atoms with Crippen molar-refractivity contribution in [2.75, 3.05) is 13.2 Å². The van der Waals surface area contributed by atoms with E-state index in [4.69, 9.17) is 14.6 Å². The molecule has 0 aliphatic carbocycles. The topological polar surface area (TPSA) is 55.8 Å². The standard InChI is InChI=1S/C19H21BrO4/c1-19(2,3)14-5-7-15(8-6-14)23-10-11-24-17-9-4-13(18(21)22)12-16(17)20/h4-9,12H,10-11H2,1-3H3,(H,21,22). The molecule has 0 aliphatic rings. The Hall–Kier alpha value is -2.01. The summed E-state index contributed by atoms with van der Waals surface area (Å²) in [6, 6.07) is 12.7. The van der Waals surface area contributed by atoms with Crippen molar-refractivity contribution >= 4 is 21.9 Å². The van der Waals surface area contributed by atoms with Crippen LogP contribution in [0.1, 0.15) is 36.7 Å². The number of ether oxygens (including phenoxy) is 2. The molecule has 2 aromatic carbocycles. The minimum Gasteiger partial charge on any atom is -0.490 e. The molecule has 4 nitrogen and oxygen atoms in total. The summed E-state index contributed by atoms with van der Waals surface area (Å²) in [4.78, 5) is 10.9. The molecule has 1 N–H and O–H groups in total. The molecule has 2 rings (SSSR count). The number of halogens is 1. The van der Waals surface area contributed by atoms with Crippen molar-refractivity contribution in [3.05, 3.63) is 58.1 Å². The van der Waals surface area contributed by atoms with E-state index >= 15 is 0 Å². The van der Waals surface area contributed by atoms with E-state index in [2.05, 4.69) is 48.8 Å². The van der Waals surface area contributed by atoms with Crippen LogP contribution < -0.4 is 9.47 Å². The average Bonchev–Trinajstić information content (AvgIpc) is 2.52. The summed E-state index contributed by atoms with van der Waals surface area (Å²) < 4.78 is 11.9. The molecule has 0 unspecified atom stereocenters. The predicted octanol–water partition coefficient (Wildman–Crippen LogP) is 4.90. The van der Waals surface area contributed by atoms with E-state index in [-0.39, 0.29) is 11.0 Å². The van der Waals surface area contributed by atoms with Gasteiger partial charge in [-0.25, -0.2) is 4.79 Å². The van der Waals surface area contributed by atoms with Crippen LogP contribution in [0.15, 0.2) is 46.9 Å². The lowest BCUT2D eigenvalue weighted by Gasteiger charge is -2.19. The number of benzene rings is 2. The Labute approximate surface area is 150 Å². The molecular weight excluding hydrogens is 372 g/mol. The summed E-state index contributed by atoms with van der Waals surface area (Å²) in [6.07, 6.45) is 0. The molecule has 0 radical (unpaired) electrons. The van der Waals surface area contributed by atoms with Gasteiger partial charge in [0.05, 0.1) is 10.0 Å². The highest BCUT2D eigenvalue weighted by molar-refractivity contribution is 9.10. The highest BCUT2D eigenvalue weighted by Gasteiger charge is 2.13. The van der Waals surface area contributed by atoms with Gasteiger partial charge in [0.2, 0.25) is 0 Å². The van der Waals surface area contributed by atoms with Crippen LogP contribution in [-0.4, -0.2) is 24.3 Å². The first-order valence-electron chi connectivity index (χ1n) is 7.66. The van der Waals surface area contributed by atoms with E-state index in [1.807, 2.05) is 12.1 Å². The maximum atomic E-state index is 10.9. The monoisotopic (exact) mass is 392 g/mol. The van der Waals surface area contributed by atoms with Gasteiger partial charge in [-0.3, -0.25) is 0 Å². The fraction of sp³-hybridized carbons (Fsp3) is 0.316. The normalized spacial score (nSPS) is 11.2. The van der Waals surface area contributed by atoms with Gasteiger partial charge in [0.1, 0.15) is 24.7 Å². The number of aromatic carboxylic acids is 1. The summed E-state index contributed by atoms with van der Waals surface area (Å²) >= 11 is 3.31. The Morgan fingerprint density at radius 1 is 1.04 bits per heavy atom. The summed E-state index contributed by atoms with van der Waals surface area (Å²) in [5.41, 5.74) is 1.59. The number of rotatable bonds is 6. The SMILES string of the molecule is CC(C)(C)c1ccc(OCCOc2ccc(C(=O)O)cc2Br)cc1. The summed E-state index contributed by atoms with van der Waals surface area (Å²) in [5.74, 6) is 0.419. The van der Waals surface area contributed by atoms with E-state index in [0.29, 0.717) is 23.4 Å². The van der Waals surface area contributed by atoms with Crippen molar-refractivity contribution in [1.82, 2.24) is 0 Å². The van der Waals surface area contributed by atoms with Gasteiger partial charge < -0.3 is 14.6 Å². The Kier molecular flexibility index (Phi) is 5.89. The van der Waals surface area contributed by atoms with Crippen LogP contribution in [0.25, 0.3) is 0 Å². The zero-order valence-electron chi connectivity index (χ0n) is 14.0. The second kappa shape index (κ2) is 7.71. The molecule has 0 heterocycles. The van der Waals surface area contributed by atoms with E-state index in [9.17, 15) is 4.79 Å². The average molecular weight is 393 g/mol. The highest BCUT2D eigenvalue weighted by Crippen LogP contribution is 2.26. The third-order valence-electron chi connectivity index (χ3n) is 3.51. The number of carboxylic acid groups (broad SMARTS) is 1. The van der Waals surface area contributed by atoms with Gasteiger partial charge in [-0.15, -0.1) is 0 Å². The first-order chi connectivity index (χ1) is 11.3. The summed E-state index contributed by atoms with van der Waals surface area (Å²) in [7, 11) is 0. The van der Waals surface area contributed by atoms with Crippen LogP contribution in [0.5, 0.6) is 11.5 Å². The Morgan fingerprint density at radius 2 is 1.67 bits per heavy atom. The fourth-order valence-electron chi connectivity index (χ4n) is 2.11. The zero-order valence-corrected chi connectivity index (χ0v) is 15.6. The van der Waals surface area contributed by atoms with Gasteiger partial charge in [-0.1, -0.05) is 32.9 Å². The first kappa shape index (κ1) is 18.3. The lowest BCUT2D eigenvalue weighted by atomic mass is 9.87. The molecule has 0 atom stereocenters. The smallest absolute Gasteiger partial charge is 0.335 e. The van der Waals surface area contributed by atoms with Crippen molar-refractivity contribution < 1.29 is 19.4 Å². The molecule has 0 bridgehead atoms. The molecule has 5 heteroatoms. The van der Waals surface area contributed by atoms with Gasteiger partial charge in [0, 0.05) is 0 Å². The predicted molar refractivity (Wildman–Crippen MR) is 97.2 cm³/mol. The number of hydrogen-bond acceptors (Lipinski definition) is 3. The molecular formula is C19H21BrO4. The van der Waals surface area contributed by atoms with Gasteiger partial charge in [0.25, 0.3) is 0 Å². The summed E-state index contributed by atoms with van der Waals surface area (Å²) in [6.45, 7) is 7.28. The fourth-order valence-corrected chi connectivity index (χ4v) is 2.61. The van der Waals surface area contributed by atoms with Crippen molar-refractivity contribution in [3.8, 4) is 11.5 Å². The molecule has 24 heavy (non-hydrogen) atoms. The van der Waals surface area contributed by atoms with Gasteiger partial charge in [-0.05, 0) is 57.2 Å². The van der Waals surface area contributed by atoms with Crippen LogP contribution in [0.3, 0.4) is 0 Å². The van der Waals surface area contributed by atoms with Gasteiger partial charge >= 0.3 is 5.97 Å². The number of carboxylic acids is 1. The maximum Gasteiger partial charge on any atom is 0.335 e. The molecule has 0 aliphatic heterocycles. The minimum atomic E-state index is -0.968. The molecule has 0 fully saturated rings. The van der Waals surface area contributed by atoms with E-state index in [1.165, 1.54) is 17.7 Å². The Bertz CT molecular complexity index is 702. The van der Waals surface area contributed by atoms with Crippen LogP contribution in [0, 0.1) is 0 Å². The maximum absolute atomic E-state index is 10.9. The lowest BCUT2D eigenvalue weighted by molar-refractivity contribution is 0.0696. The molecule has 0 spiro atoms. The quantitative estimate of drug-likeness (QED) is 0.710. The Balaban J connectivity index is 1.84. The van der Waals surface area contributed by atoms with Crippen LogP contribution in [0.2, 0.25) is 0 Å². The van der Waals surface area contributed by atoms with E-state index in [0.717, 1.165) is 5.75 Å². The van der Waals surface area contributed by atoms with Crippen LogP contribution in [-0.2, 0) is 5.41 Å². The second-order valence-corrected chi connectivity index (χ2v) is 7.28. The van der Waals surface area contributed by atoms with Crippen molar-refractivity contribution in [2.24, 2.45) is 0 Å². The molecule has 0 saturated carbocycles. The molecule has 0 amide bonds. The molecule has 2 aromatic rings. The van der Waals surface area contributed by atoms with Gasteiger partial charge in [-0.2, -0.15) is 0 Å². The molecule has 0 aromatic heterocycles.